The summed E-state index contributed by atoms with van der Waals surface area (Å²) in [5.74, 6) is 0. The molecule has 120 valence electrons. The summed E-state index contributed by atoms with van der Waals surface area (Å²) in [6.45, 7) is 11.3. The van der Waals surface area contributed by atoms with Gasteiger partial charge >= 0.3 is 18.2 Å². The van der Waals surface area contributed by atoms with E-state index in [-0.39, 0.29) is 6.61 Å². The van der Waals surface area contributed by atoms with Crippen molar-refractivity contribution in [3.63, 3.8) is 0 Å². The van der Waals surface area contributed by atoms with Crippen LogP contribution in [0.2, 0.25) is 0 Å². The van der Waals surface area contributed by atoms with Crippen molar-refractivity contribution in [2.45, 2.75) is 0 Å². The van der Waals surface area contributed by atoms with E-state index in [4.69, 9.17) is 32.0 Å². The molecular weight excluding hydrogens is 315 g/mol. The summed E-state index contributed by atoms with van der Waals surface area (Å²) in [6, 6.07) is 0. The lowest BCUT2D eigenvalue weighted by Crippen LogP contribution is -1.89. The second kappa shape index (κ2) is 14.6. The monoisotopic (exact) mass is 334 g/mol. The minimum atomic E-state index is -4.67. The third-order valence-corrected chi connectivity index (χ3v) is 1.32. The Labute approximate surface area is 118 Å². The third-order valence-electron chi connectivity index (χ3n) is 0.832. The number of hydrogen-bond donors (Lipinski definition) is 4. The Morgan fingerprint density at radius 2 is 1.25 bits per heavy atom. The van der Waals surface area contributed by atoms with Crippen LogP contribution in [0.4, 0.5) is 0 Å². The van der Waals surface area contributed by atoms with Gasteiger partial charge in [-0.2, -0.15) is 8.42 Å². The summed E-state index contributed by atoms with van der Waals surface area (Å²) < 4.78 is 50.2. The van der Waals surface area contributed by atoms with Crippen molar-refractivity contribution in [2.24, 2.45) is 0 Å². The molecule has 0 rings (SSSR count). The fraction of sp³-hybridized carbons (Fsp3) is 0.333. The first-order valence-corrected chi connectivity index (χ1v) is 7.71. The van der Waals surface area contributed by atoms with Gasteiger partial charge in [-0.3, -0.25) is 13.6 Å². The second-order valence-electron chi connectivity index (χ2n) is 2.64. The van der Waals surface area contributed by atoms with Crippen LogP contribution in [0.1, 0.15) is 0 Å². The average molecular weight is 334 g/mol. The van der Waals surface area contributed by atoms with Gasteiger partial charge in [0.1, 0.15) is 0 Å². The summed E-state index contributed by atoms with van der Waals surface area (Å²) >= 11 is 0. The van der Waals surface area contributed by atoms with E-state index >= 15 is 0 Å². The molecule has 0 heterocycles. The molecule has 0 aromatic carbocycles. The molecule has 0 aliphatic rings. The highest BCUT2D eigenvalue weighted by molar-refractivity contribution is 7.79. The summed E-state index contributed by atoms with van der Waals surface area (Å²) in [6.07, 6.45) is 4.69. The van der Waals surface area contributed by atoms with Crippen LogP contribution in [0.15, 0.2) is 38.0 Å². The quantitative estimate of drug-likeness (QED) is 0.231. The van der Waals surface area contributed by atoms with Crippen molar-refractivity contribution in [3.05, 3.63) is 38.0 Å². The van der Waals surface area contributed by atoms with E-state index in [1.54, 1.807) is 12.2 Å². The first-order chi connectivity index (χ1) is 8.97. The number of ether oxygens (including phenoxy) is 1. The van der Waals surface area contributed by atoms with Crippen LogP contribution >= 0.6 is 7.82 Å². The van der Waals surface area contributed by atoms with E-state index in [2.05, 4.69) is 24.3 Å². The highest BCUT2D eigenvalue weighted by Crippen LogP contribution is 2.35. The lowest BCUT2D eigenvalue weighted by molar-refractivity contribution is 0.194. The van der Waals surface area contributed by atoms with Crippen molar-refractivity contribution in [3.8, 4) is 0 Å². The van der Waals surface area contributed by atoms with Gasteiger partial charge in [0.2, 0.25) is 0 Å². The molecule has 0 saturated heterocycles. The molecule has 0 amide bonds. The Kier molecular flexibility index (Phi) is 17.6. The Bertz CT molecular complexity index is 382. The molecule has 0 aliphatic heterocycles. The van der Waals surface area contributed by atoms with Crippen molar-refractivity contribution >= 4 is 18.2 Å². The molecule has 0 aromatic heterocycles. The predicted octanol–water partition coefficient (Wildman–Crippen LogP) is 1.00. The van der Waals surface area contributed by atoms with Crippen LogP contribution in [0.5, 0.6) is 0 Å². The molecule has 0 radical (unpaired) electrons. The fourth-order valence-corrected chi connectivity index (χ4v) is 0.684. The smallest absolute Gasteiger partial charge is 0.373 e. The minimum absolute atomic E-state index is 0.121. The topological polar surface area (TPSA) is 151 Å². The zero-order valence-corrected chi connectivity index (χ0v) is 12.4. The molecule has 4 N–H and O–H groups in total. The summed E-state index contributed by atoms with van der Waals surface area (Å²) in [5.41, 5.74) is 0. The van der Waals surface area contributed by atoms with Gasteiger partial charge in [0.05, 0.1) is 19.8 Å². The number of rotatable bonds is 7. The van der Waals surface area contributed by atoms with Gasteiger partial charge in [0.25, 0.3) is 0 Å². The molecule has 0 aliphatic carbocycles. The molecule has 0 unspecified atom stereocenters. The van der Waals surface area contributed by atoms with Crippen LogP contribution < -0.4 is 0 Å². The summed E-state index contributed by atoms with van der Waals surface area (Å²) in [7, 11) is -8.92. The van der Waals surface area contributed by atoms with E-state index in [1.807, 2.05) is 0 Å². The Balaban J connectivity index is -0.000000223. The molecule has 0 fully saturated rings. The van der Waals surface area contributed by atoms with Gasteiger partial charge in [-0.25, -0.2) is 4.57 Å². The molecule has 0 aromatic rings. The fourth-order valence-electron chi connectivity index (χ4n) is 0.385. The lowest BCUT2D eigenvalue weighted by atomic mass is 10.6. The van der Waals surface area contributed by atoms with E-state index in [1.165, 1.54) is 6.08 Å². The van der Waals surface area contributed by atoms with Crippen LogP contribution in [0.3, 0.4) is 0 Å². The summed E-state index contributed by atoms with van der Waals surface area (Å²) in [5, 5.41) is 0. The van der Waals surface area contributed by atoms with Crippen LogP contribution in [-0.4, -0.2) is 47.1 Å². The molecule has 0 bridgehead atoms. The molecule has 0 spiro atoms. The summed E-state index contributed by atoms with van der Waals surface area (Å²) in [4.78, 5) is 16.0. The zero-order valence-electron chi connectivity index (χ0n) is 10.7. The van der Waals surface area contributed by atoms with Gasteiger partial charge in [-0.1, -0.05) is 18.2 Å². The van der Waals surface area contributed by atoms with Gasteiger partial charge < -0.3 is 14.5 Å². The molecule has 0 saturated carbocycles. The van der Waals surface area contributed by atoms with Gasteiger partial charge in [0, 0.05) is 0 Å². The maximum atomic E-state index is 9.81. The molecular formula is C9H19O9PS. The SMILES string of the molecule is C=CCOCC=C.C=CCOP(=O)(O)O.O=S(=O)(O)O. The Morgan fingerprint density at radius 3 is 1.40 bits per heavy atom. The third kappa shape index (κ3) is 67.3. The van der Waals surface area contributed by atoms with Crippen molar-refractivity contribution in [1.82, 2.24) is 0 Å². The number of phosphoric acid groups is 1. The van der Waals surface area contributed by atoms with E-state index in [9.17, 15) is 4.57 Å². The van der Waals surface area contributed by atoms with Gasteiger partial charge in [-0.05, 0) is 0 Å². The molecule has 0 atom stereocenters. The molecule has 9 nitrogen and oxygen atoms in total. The normalized spacial score (nSPS) is 10.2. The van der Waals surface area contributed by atoms with Crippen LogP contribution in [0, 0.1) is 0 Å². The van der Waals surface area contributed by atoms with Crippen LogP contribution in [0.25, 0.3) is 0 Å². The Hall–Kier alpha value is -0.840. The van der Waals surface area contributed by atoms with E-state index in [0.29, 0.717) is 13.2 Å². The number of hydrogen-bond acceptors (Lipinski definition) is 5. The van der Waals surface area contributed by atoms with Crippen molar-refractivity contribution in [2.75, 3.05) is 19.8 Å². The molecule has 11 heteroatoms. The first kappa shape index (κ1) is 24.2. The standard InChI is InChI=1S/C6H10O.C3H7O4P.H2O4S/c1-3-5-7-6-4-2;1-2-3-7-8(4,5)6;1-5(2,3)4/h3-4H,1-2,5-6H2;2H,1,3H2,(H2,4,5,6);(H2,1,2,3,4). The lowest BCUT2D eigenvalue weighted by Gasteiger charge is -1.98. The average Bonchev–Trinajstić information content (AvgIpc) is 2.25. The second-order valence-corrected chi connectivity index (χ2v) is 4.77. The van der Waals surface area contributed by atoms with Gasteiger partial charge in [0.15, 0.2) is 0 Å². The largest absolute Gasteiger partial charge is 0.469 e. The zero-order chi connectivity index (χ0) is 16.7. The minimum Gasteiger partial charge on any atom is -0.373 e. The highest BCUT2D eigenvalue weighted by atomic mass is 32.3. The van der Waals surface area contributed by atoms with E-state index < -0.39 is 18.2 Å². The maximum absolute atomic E-state index is 9.81. The predicted molar refractivity (Wildman–Crippen MR) is 73.6 cm³/mol. The maximum Gasteiger partial charge on any atom is 0.469 e. The van der Waals surface area contributed by atoms with E-state index in [0.717, 1.165) is 0 Å². The van der Waals surface area contributed by atoms with Crippen molar-refractivity contribution < 1.29 is 41.1 Å². The van der Waals surface area contributed by atoms with Crippen LogP contribution in [-0.2, 0) is 24.2 Å². The van der Waals surface area contributed by atoms with Crippen molar-refractivity contribution in [1.29, 1.82) is 0 Å². The number of phosphoric ester groups is 1. The first-order valence-electron chi connectivity index (χ1n) is 4.78. The highest BCUT2D eigenvalue weighted by Gasteiger charge is 2.10. The van der Waals surface area contributed by atoms with Gasteiger partial charge in [-0.15, -0.1) is 19.7 Å². The molecule has 20 heavy (non-hydrogen) atoms. The Morgan fingerprint density at radius 1 is 0.950 bits per heavy atom.